The highest BCUT2D eigenvalue weighted by atomic mass is 19.4. The van der Waals surface area contributed by atoms with Crippen LogP contribution in [0.2, 0.25) is 0 Å². The molecule has 0 saturated heterocycles. The summed E-state index contributed by atoms with van der Waals surface area (Å²) in [6.45, 7) is -0.472. The van der Waals surface area contributed by atoms with Gasteiger partial charge in [0.2, 0.25) is 0 Å². The average Bonchev–Trinajstić information content (AvgIpc) is 2.75. The molecule has 5 nitrogen and oxygen atoms in total. The minimum absolute atomic E-state index is 0.00429. The Morgan fingerprint density at radius 3 is 2.65 bits per heavy atom. The lowest BCUT2D eigenvalue weighted by Gasteiger charge is -2.08. The zero-order valence-corrected chi connectivity index (χ0v) is 9.73. The maximum atomic E-state index is 13.1. The standard InChI is InChI=1S/C11H7F4N3O2/c12-8-2-1-6(3-7(8)11(13,14)15)9-4-18(17-16-9)5-10(19)20/h1-4H,5H2,(H,19,20). The highest BCUT2D eigenvalue weighted by Crippen LogP contribution is 2.33. The number of aromatic nitrogens is 3. The molecule has 0 unspecified atom stereocenters. The SMILES string of the molecule is O=C(O)Cn1cc(-c2ccc(F)c(C(F)(F)F)c2)nn1. The third-order valence-electron chi connectivity index (χ3n) is 2.40. The summed E-state index contributed by atoms with van der Waals surface area (Å²) in [7, 11) is 0. The Balaban J connectivity index is 2.38. The maximum absolute atomic E-state index is 13.1. The zero-order chi connectivity index (χ0) is 14.9. The van der Waals surface area contributed by atoms with Gasteiger partial charge in [-0.25, -0.2) is 9.07 Å². The van der Waals surface area contributed by atoms with Gasteiger partial charge in [0.25, 0.3) is 0 Å². The van der Waals surface area contributed by atoms with E-state index in [1.165, 1.54) is 6.20 Å². The summed E-state index contributed by atoms with van der Waals surface area (Å²) in [5.74, 6) is -2.56. The normalized spacial score (nSPS) is 11.6. The zero-order valence-electron chi connectivity index (χ0n) is 9.73. The smallest absolute Gasteiger partial charge is 0.419 e. The van der Waals surface area contributed by atoms with Gasteiger partial charge in [0, 0.05) is 5.56 Å². The van der Waals surface area contributed by atoms with Crippen molar-refractivity contribution in [3.63, 3.8) is 0 Å². The summed E-state index contributed by atoms with van der Waals surface area (Å²) < 4.78 is 51.8. The van der Waals surface area contributed by atoms with E-state index in [4.69, 9.17) is 5.11 Å². The molecule has 0 radical (unpaired) electrons. The van der Waals surface area contributed by atoms with E-state index in [2.05, 4.69) is 10.3 Å². The van der Waals surface area contributed by atoms with Crippen LogP contribution in [0.15, 0.2) is 24.4 Å². The minimum atomic E-state index is -4.82. The van der Waals surface area contributed by atoms with Crippen LogP contribution >= 0.6 is 0 Å². The molecule has 0 aliphatic heterocycles. The van der Waals surface area contributed by atoms with Crippen molar-refractivity contribution in [2.24, 2.45) is 0 Å². The third-order valence-corrected chi connectivity index (χ3v) is 2.40. The van der Waals surface area contributed by atoms with Crippen molar-refractivity contribution in [3.05, 3.63) is 35.8 Å². The summed E-state index contributed by atoms with van der Waals surface area (Å²) in [6.07, 6.45) is -3.65. The van der Waals surface area contributed by atoms with Crippen molar-refractivity contribution in [3.8, 4) is 11.3 Å². The van der Waals surface area contributed by atoms with Gasteiger partial charge < -0.3 is 5.11 Å². The van der Waals surface area contributed by atoms with Crippen molar-refractivity contribution in [1.82, 2.24) is 15.0 Å². The van der Waals surface area contributed by atoms with E-state index in [1.807, 2.05) is 0 Å². The molecule has 106 valence electrons. The molecule has 0 saturated carbocycles. The van der Waals surface area contributed by atoms with Crippen LogP contribution in [0.4, 0.5) is 17.6 Å². The molecule has 0 amide bonds. The second kappa shape index (κ2) is 4.91. The Morgan fingerprint density at radius 1 is 1.35 bits per heavy atom. The number of nitrogens with zero attached hydrogens (tertiary/aromatic N) is 3. The Hall–Kier alpha value is -2.45. The predicted molar refractivity (Wildman–Crippen MR) is 58.1 cm³/mol. The fourth-order valence-electron chi connectivity index (χ4n) is 1.55. The summed E-state index contributed by atoms with van der Waals surface area (Å²) in [5.41, 5.74) is -1.39. The molecule has 2 aromatic rings. The first-order valence-electron chi connectivity index (χ1n) is 5.26. The van der Waals surface area contributed by atoms with Crippen molar-refractivity contribution in [1.29, 1.82) is 0 Å². The van der Waals surface area contributed by atoms with Crippen LogP contribution in [0, 0.1) is 5.82 Å². The summed E-state index contributed by atoms with van der Waals surface area (Å²) in [5, 5.41) is 15.6. The van der Waals surface area contributed by atoms with Crippen LogP contribution in [0.25, 0.3) is 11.3 Å². The van der Waals surface area contributed by atoms with Crippen LogP contribution in [-0.2, 0) is 17.5 Å². The predicted octanol–water partition coefficient (Wildman–Crippen LogP) is 2.19. The van der Waals surface area contributed by atoms with E-state index in [0.717, 1.165) is 10.7 Å². The van der Waals surface area contributed by atoms with Crippen LogP contribution in [0.1, 0.15) is 5.56 Å². The lowest BCUT2D eigenvalue weighted by atomic mass is 10.1. The monoisotopic (exact) mass is 289 g/mol. The molecule has 20 heavy (non-hydrogen) atoms. The Labute approximate surface area is 109 Å². The van der Waals surface area contributed by atoms with E-state index in [1.54, 1.807) is 0 Å². The number of rotatable bonds is 3. The van der Waals surface area contributed by atoms with E-state index in [-0.39, 0.29) is 11.3 Å². The number of carboxylic acid groups (broad SMARTS) is 1. The molecular weight excluding hydrogens is 282 g/mol. The number of aliphatic carboxylic acids is 1. The third kappa shape index (κ3) is 2.92. The number of halogens is 4. The fourth-order valence-corrected chi connectivity index (χ4v) is 1.55. The molecule has 0 aliphatic rings. The topological polar surface area (TPSA) is 68.0 Å². The second-order valence-electron chi connectivity index (χ2n) is 3.89. The number of hydrogen-bond donors (Lipinski definition) is 1. The second-order valence-corrected chi connectivity index (χ2v) is 3.89. The minimum Gasteiger partial charge on any atom is -0.480 e. The van der Waals surface area contributed by atoms with Gasteiger partial charge in [-0.2, -0.15) is 13.2 Å². The number of carbonyl (C=O) groups is 1. The van der Waals surface area contributed by atoms with Gasteiger partial charge in [-0.1, -0.05) is 5.21 Å². The van der Waals surface area contributed by atoms with Crippen molar-refractivity contribution >= 4 is 5.97 Å². The summed E-state index contributed by atoms with van der Waals surface area (Å²) >= 11 is 0. The molecule has 2 rings (SSSR count). The number of carboxylic acids is 1. The molecule has 0 atom stereocenters. The lowest BCUT2D eigenvalue weighted by Crippen LogP contribution is -2.09. The van der Waals surface area contributed by atoms with E-state index in [9.17, 15) is 22.4 Å². The van der Waals surface area contributed by atoms with Crippen LogP contribution in [-0.4, -0.2) is 26.1 Å². The molecule has 0 fully saturated rings. The van der Waals surface area contributed by atoms with Gasteiger partial charge in [0.15, 0.2) is 0 Å². The first-order chi connectivity index (χ1) is 9.27. The quantitative estimate of drug-likeness (QED) is 0.879. The maximum Gasteiger partial charge on any atom is 0.419 e. The lowest BCUT2D eigenvalue weighted by molar-refractivity contribution is -0.140. The van der Waals surface area contributed by atoms with Crippen molar-refractivity contribution in [2.45, 2.75) is 12.7 Å². The van der Waals surface area contributed by atoms with Gasteiger partial charge in [-0.15, -0.1) is 5.10 Å². The Morgan fingerprint density at radius 2 is 2.05 bits per heavy atom. The van der Waals surface area contributed by atoms with E-state index >= 15 is 0 Å². The molecule has 0 aliphatic carbocycles. The number of benzene rings is 1. The molecule has 1 aromatic heterocycles. The fraction of sp³-hybridized carbons (Fsp3) is 0.182. The molecule has 0 bridgehead atoms. The molecular formula is C11H7F4N3O2. The van der Waals surface area contributed by atoms with E-state index in [0.29, 0.717) is 12.1 Å². The van der Waals surface area contributed by atoms with Gasteiger partial charge in [-0.3, -0.25) is 4.79 Å². The Bertz CT molecular complexity index is 651. The summed E-state index contributed by atoms with van der Waals surface area (Å²) in [6, 6.07) is 2.39. The largest absolute Gasteiger partial charge is 0.480 e. The van der Waals surface area contributed by atoms with E-state index < -0.39 is 30.1 Å². The first-order valence-corrected chi connectivity index (χ1v) is 5.26. The van der Waals surface area contributed by atoms with Gasteiger partial charge in [0.1, 0.15) is 18.1 Å². The van der Waals surface area contributed by atoms with Gasteiger partial charge >= 0.3 is 12.1 Å². The summed E-state index contributed by atoms with van der Waals surface area (Å²) in [4.78, 5) is 10.5. The van der Waals surface area contributed by atoms with Crippen LogP contribution in [0.3, 0.4) is 0 Å². The van der Waals surface area contributed by atoms with Gasteiger partial charge in [-0.05, 0) is 18.2 Å². The first kappa shape index (κ1) is 14.0. The van der Waals surface area contributed by atoms with Crippen molar-refractivity contribution in [2.75, 3.05) is 0 Å². The number of hydrogen-bond acceptors (Lipinski definition) is 3. The highest BCUT2D eigenvalue weighted by Gasteiger charge is 2.34. The molecule has 1 heterocycles. The van der Waals surface area contributed by atoms with Crippen molar-refractivity contribution < 1.29 is 27.5 Å². The molecule has 9 heteroatoms. The van der Waals surface area contributed by atoms with Gasteiger partial charge in [0.05, 0.1) is 11.8 Å². The molecule has 0 spiro atoms. The van der Waals surface area contributed by atoms with Crippen LogP contribution in [0.5, 0.6) is 0 Å². The molecule has 1 N–H and O–H groups in total. The number of alkyl halides is 3. The highest BCUT2D eigenvalue weighted by molar-refractivity contribution is 5.66. The average molecular weight is 289 g/mol. The Kier molecular flexibility index (Phi) is 3.43. The van der Waals surface area contributed by atoms with Crippen LogP contribution < -0.4 is 0 Å². The molecule has 1 aromatic carbocycles.